The Hall–Kier alpha value is -5.01. The molecule has 5 aromatic rings. The van der Waals surface area contributed by atoms with Gasteiger partial charge in [0.05, 0.1) is 49.6 Å². The third-order valence-corrected chi connectivity index (χ3v) is 9.36. The molecule has 2 aromatic heterocycles. The second kappa shape index (κ2) is 14.6. The first-order valence-corrected chi connectivity index (χ1v) is 16.6. The molecule has 6 rings (SSSR count). The molecule has 1 aliphatic heterocycles. The lowest BCUT2D eigenvalue weighted by Gasteiger charge is -2.24. The molecule has 47 heavy (non-hydrogen) atoms. The molecule has 3 aromatic carbocycles. The van der Waals surface area contributed by atoms with Crippen molar-refractivity contribution >= 4 is 40.6 Å². The van der Waals surface area contributed by atoms with Crippen LogP contribution in [-0.4, -0.2) is 57.3 Å². The number of amides is 2. The number of thioether (sulfide) groups is 1. The van der Waals surface area contributed by atoms with Gasteiger partial charge in [0.1, 0.15) is 5.82 Å². The second-order valence-electron chi connectivity index (χ2n) is 10.5. The van der Waals surface area contributed by atoms with E-state index in [1.54, 1.807) is 42.3 Å². The topological polar surface area (TPSA) is 111 Å². The van der Waals surface area contributed by atoms with Gasteiger partial charge in [0, 0.05) is 17.7 Å². The maximum absolute atomic E-state index is 13.9. The molecular formula is C34H31FN6O4S2. The molecule has 0 unspecified atom stereocenters. The Morgan fingerprint density at radius 3 is 2.51 bits per heavy atom. The van der Waals surface area contributed by atoms with E-state index in [0.717, 1.165) is 21.7 Å². The van der Waals surface area contributed by atoms with Gasteiger partial charge in [-0.05, 0) is 47.3 Å². The Morgan fingerprint density at radius 1 is 0.979 bits per heavy atom. The third kappa shape index (κ3) is 7.21. The zero-order chi connectivity index (χ0) is 32.8. The van der Waals surface area contributed by atoms with Crippen molar-refractivity contribution in [1.82, 2.24) is 25.1 Å². The number of ether oxygens (including phenoxy) is 2. The lowest BCUT2D eigenvalue weighted by molar-refractivity contribution is -0.130. The predicted octanol–water partition coefficient (Wildman–Crippen LogP) is 5.81. The van der Waals surface area contributed by atoms with E-state index in [4.69, 9.17) is 14.6 Å². The monoisotopic (exact) mass is 670 g/mol. The van der Waals surface area contributed by atoms with Crippen LogP contribution in [0.15, 0.2) is 101 Å². The minimum Gasteiger partial charge on any atom is -0.493 e. The number of benzene rings is 3. The van der Waals surface area contributed by atoms with E-state index in [1.165, 1.54) is 28.9 Å². The number of aromatic nitrogens is 3. The molecule has 0 bridgehead atoms. The van der Waals surface area contributed by atoms with Crippen LogP contribution in [0.4, 0.5) is 4.39 Å². The van der Waals surface area contributed by atoms with E-state index in [0.29, 0.717) is 34.6 Å². The lowest BCUT2D eigenvalue weighted by Crippen LogP contribution is -2.29. The largest absolute Gasteiger partial charge is 0.493 e. The van der Waals surface area contributed by atoms with Gasteiger partial charge < -0.3 is 14.8 Å². The van der Waals surface area contributed by atoms with E-state index >= 15 is 0 Å². The minimum absolute atomic E-state index is 0.0102. The quantitative estimate of drug-likeness (QED) is 0.167. The van der Waals surface area contributed by atoms with Gasteiger partial charge in [-0.15, -0.1) is 21.5 Å². The Bertz CT molecular complexity index is 1880. The number of hydrazone groups is 1. The molecule has 1 atom stereocenters. The summed E-state index contributed by atoms with van der Waals surface area (Å²) in [5, 5.41) is 20.2. The van der Waals surface area contributed by atoms with Gasteiger partial charge in [-0.3, -0.25) is 14.2 Å². The fourth-order valence-corrected chi connectivity index (χ4v) is 6.86. The van der Waals surface area contributed by atoms with Crippen molar-refractivity contribution in [2.24, 2.45) is 5.10 Å². The highest BCUT2D eigenvalue weighted by Gasteiger charge is 2.36. The van der Waals surface area contributed by atoms with Crippen molar-refractivity contribution in [1.29, 1.82) is 0 Å². The van der Waals surface area contributed by atoms with Crippen LogP contribution < -0.4 is 14.8 Å². The zero-order valence-corrected chi connectivity index (χ0v) is 27.3. The number of hydrogen-bond acceptors (Lipinski definition) is 9. The molecule has 10 nitrogen and oxygen atoms in total. The van der Waals surface area contributed by atoms with Crippen molar-refractivity contribution < 1.29 is 23.5 Å². The summed E-state index contributed by atoms with van der Waals surface area (Å²) >= 11 is 2.74. The van der Waals surface area contributed by atoms with Gasteiger partial charge in [0.15, 0.2) is 22.5 Å². The highest BCUT2D eigenvalue weighted by molar-refractivity contribution is 7.99. The maximum atomic E-state index is 13.9. The van der Waals surface area contributed by atoms with Gasteiger partial charge in [-0.2, -0.15) is 5.10 Å². The Kier molecular flexibility index (Phi) is 9.93. The summed E-state index contributed by atoms with van der Waals surface area (Å²) in [6.45, 7) is 0.0862. The molecule has 0 aliphatic carbocycles. The van der Waals surface area contributed by atoms with Crippen LogP contribution in [-0.2, 0) is 22.6 Å². The number of para-hydroxylation sites is 1. The van der Waals surface area contributed by atoms with Crippen LogP contribution in [0.2, 0.25) is 0 Å². The number of thiophene rings is 1. The van der Waals surface area contributed by atoms with Gasteiger partial charge in [-0.1, -0.05) is 60.3 Å². The highest BCUT2D eigenvalue weighted by Crippen LogP contribution is 2.42. The van der Waals surface area contributed by atoms with E-state index in [1.807, 2.05) is 66.0 Å². The van der Waals surface area contributed by atoms with Crippen molar-refractivity contribution in [3.05, 3.63) is 118 Å². The molecule has 13 heteroatoms. The van der Waals surface area contributed by atoms with E-state index < -0.39 is 11.9 Å². The molecule has 0 radical (unpaired) electrons. The molecule has 240 valence electrons. The first-order chi connectivity index (χ1) is 22.9. The van der Waals surface area contributed by atoms with Crippen LogP contribution in [0.25, 0.3) is 5.69 Å². The summed E-state index contributed by atoms with van der Waals surface area (Å²) in [5.41, 5.74) is 3.06. The molecule has 1 N–H and O–H groups in total. The summed E-state index contributed by atoms with van der Waals surface area (Å²) in [7, 11) is 3.15. The molecule has 2 amide bonds. The van der Waals surface area contributed by atoms with E-state index in [-0.39, 0.29) is 30.5 Å². The van der Waals surface area contributed by atoms with Crippen molar-refractivity contribution in [3.8, 4) is 17.2 Å². The van der Waals surface area contributed by atoms with Crippen LogP contribution in [0, 0.1) is 5.82 Å². The summed E-state index contributed by atoms with van der Waals surface area (Å²) in [5.74, 6) is 0.714. The Morgan fingerprint density at radius 2 is 1.79 bits per heavy atom. The first kappa shape index (κ1) is 32.0. The normalized spacial score (nSPS) is 14.1. The smallest absolute Gasteiger partial charge is 0.253 e. The number of carbonyl (C=O) groups excluding carboxylic acids is 2. The fourth-order valence-electron chi connectivity index (χ4n) is 5.32. The summed E-state index contributed by atoms with van der Waals surface area (Å²) in [6.07, 6.45) is 0.712. The van der Waals surface area contributed by atoms with Gasteiger partial charge in [-0.25, -0.2) is 9.40 Å². The summed E-state index contributed by atoms with van der Waals surface area (Å²) in [4.78, 5) is 27.6. The molecule has 0 saturated heterocycles. The lowest BCUT2D eigenvalue weighted by atomic mass is 9.99. The fraction of sp³-hybridized carbons (Fsp3) is 0.206. The molecule has 0 fully saturated rings. The van der Waals surface area contributed by atoms with Gasteiger partial charge in [0.25, 0.3) is 5.91 Å². The van der Waals surface area contributed by atoms with Gasteiger partial charge >= 0.3 is 0 Å². The highest BCUT2D eigenvalue weighted by atomic mass is 32.2. The second-order valence-corrected chi connectivity index (χ2v) is 12.4. The molecular weight excluding hydrogens is 640 g/mol. The zero-order valence-electron chi connectivity index (χ0n) is 25.6. The average Bonchev–Trinajstić information content (AvgIpc) is 3.87. The van der Waals surface area contributed by atoms with Crippen LogP contribution in [0.5, 0.6) is 11.5 Å². The Labute approximate surface area is 279 Å². The van der Waals surface area contributed by atoms with Gasteiger partial charge in [0.2, 0.25) is 5.91 Å². The number of nitrogens with zero attached hydrogens (tertiary/aromatic N) is 5. The van der Waals surface area contributed by atoms with Crippen molar-refractivity contribution in [2.75, 3.05) is 20.0 Å². The SMILES string of the molecule is COc1cccc([C@@H]2CC(c3cccs3)=NN2C(=O)CSc2nnc(CNC(=O)Cc3ccccc3)n2-c2ccc(F)cc2)c1OC. The van der Waals surface area contributed by atoms with E-state index in [2.05, 4.69) is 15.5 Å². The number of carbonyl (C=O) groups is 2. The third-order valence-electron chi connectivity index (χ3n) is 7.53. The molecule has 0 spiro atoms. The van der Waals surface area contributed by atoms with Crippen LogP contribution >= 0.6 is 23.1 Å². The van der Waals surface area contributed by atoms with Crippen LogP contribution in [0.3, 0.4) is 0 Å². The number of rotatable bonds is 12. The number of hydrogen-bond donors (Lipinski definition) is 1. The van der Waals surface area contributed by atoms with Crippen molar-refractivity contribution in [2.45, 2.75) is 30.6 Å². The number of methoxy groups -OCH3 is 2. The average molecular weight is 671 g/mol. The number of nitrogens with one attached hydrogen (secondary N) is 1. The van der Waals surface area contributed by atoms with E-state index in [9.17, 15) is 14.0 Å². The predicted molar refractivity (Wildman–Crippen MR) is 179 cm³/mol. The number of halogens is 1. The van der Waals surface area contributed by atoms with Crippen molar-refractivity contribution in [3.63, 3.8) is 0 Å². The minimum atomic E-state index is -0.421. The first-order valence-electron chi connectivity index (χ1n) is 14.7. The summed E-state index contributed by atoms with van der Waals surface area (Å²) in [6, 6.07) is 24.4. The molecule has 1 aliphatic rings. The maximum Gasteiger partial charge on any atom is 0.253 e. The molecule has 3 heterocycles. The summed E-state index contributed by atoms with van der Waals surface area (Å²) < 4.78 is 26.8. The Balaban J connectivity index is 1.24. The molecule has 0 saturated carbocycles. The standard InChI is InChI=1S/C34H31FN6O4S2/c1-44-28-11-6-10-25(33(28)45-2)27-19-26(29-12-7-17-46-29)39-41(27)32(43)21-47-34-38-37-30(40(34)24-15-13-23(35)14-16-24)20-36-31(42)18-22-8-4-3-5-9-22/h3-17,27H,18-21H2,1-2H3,(H,36,42)/t27-/m0/s1. The van der Waals surface area contributed by atoms with Crippen LogP contribution in [0.1, 0.15) is 34.3 Å².